The second-order valence-electron chi connectivity index (χ2n) is 4.25. The van der Waals surface area contributed by atoms with E-state index >= 15 is 0 Å². The van der Waals surface area contributed by atoms with E-state index in [1.165, 1.54) is 23.2 Å². The van der Waals surface area contributed by atoms with Crippen LogP contribution in [0.2, 0.25) is 0 Å². The van der Waals surface area contributed by atoms with Crippen molar-refractivity contribution >= 4 is 17.3 Å². The number of hydrogen-bond acceptors (Lipinski definition) is 2. The molecule has 0 unspecified atom stereocenters. The van der Waals surface area contributed by atoms with Gasteiger partial charge in [0, 0.05) is 24.3 Å². The zero-order valence-corrected chi connectivity index (χ0v) is 8.60. The standard InChI is InChI=1S/C12H14N2O/c15-12-4-3-9-6-8-2-1-5-13-10(8)7-11(9)14-12/h6-7,13H,1-5H2,(H,14,15). The van der Waals surface area contributed by atoms with Crippen molar-refractivity contribution in [2.45, 2.75) is 25.7 Å². The third kappa shape index (κ3) is 1.48. The molecule has 2 aliphatic rings. The summed E-state index contributed by atoms with van der Waals surface area (Å²) in [5.41, 5.74) is 4.88. The summed E-state index contributed by atoms with van der Waals surface area (Å²) in [6.07, 6.45) is 3.87. The van der Waals surface area contributed by atoms with E-state index in [9.17, 15) is 4.79 Å². The van der Waals surface area contributed by atoms with Gasteiger partial charge >= 0.3 is 0 Å². The van der Waals surface area contributed by atoms with Gasteiger partial charge in [0.15, 0.2) is 0 Å². The zero-order chi connectivity index (χ0) is 10.3. The van der Waals surface area contributed by atoms with Gasteiger partial charge in [-0.2, -0.15) is 0 Å². The van der Waals surface area contributed by atoms with Crippen LogP contribution >= 0.6 is 0 Å². The third-order valence-corrected chi connectivity index (χ3v) is 3.16. The number of benzene rings is 1. The SMILES string of the molecule is O=C1CCc2cc3c(cc2N1)NCCC3. The van der Waals surface area contributed by atoms with Crippen LogP contribution in [0.3, 0.4) is 0 Å². The highest BCUT2D eigenvalue weighted by atomic mass is 16.1. The molecule has 0 saturated heterocycles. The number of anilines is 2. The molecule has 2 heterocycles. The van der Waals surface area contributed by atoms with Crippen molar-refractivity contribution in [2.75, 3.05) is 17.2 Å². The Hall–Kier alpha value is -1.51. The summed E-state index contributed by atoms with van der Waals surface area (Å²) in [4.78, 5) is 11.3. The Balaban J connectivity index is 2.06. The molecule has 3 rings (SSSR count). The molecule has 0 fully saturated rings. The predicted molar refractivity (Wildman–Crippen MR) is 60.2 cm³/mol. The topological polar surface area (TPSA) is 41.1 Å². The minimum absolute atomic E-state index is 0.137. The summed E-state index contributed by atoms with van der Waals surface area (Å²) < 4.78 is 0. The molecule has 78 valence electrons. The molecular formula is C12H14N2O. The van der Waals surface area contributed by atoms with Crippen molar-refractivity contribution in [3.05, 3.63) is 23.3 Å². The van der Waals surface area contributed by atoms with Crippen LogP contribution in [0.1, 0.15) is 24.0 Å². The Morgan fingerprint density at radius 1 is 1.00 bits per heavy atom. The van der Waals surface area contributed by atoms with Crippen molar-refractivity contribution in [1.82, 2.24) is 0 Å². The van der Waals surface area contributed by atoms with E-state index in [1.54, 1.807) is 0 Å². The van der Waals surface area contributed by atoms with Crippen molar-refractivity contribution < 1.29 is 4.79 Å². The van der Waals surface area contributed by atoms with Crippen molar-refractivity contribution in [1.29, 1.82) is 0 Å². The largest absolute Gasteiger partial charge is 0.385 e. The maximum atomic E-state index is 11.3. The van der Waals surface area contributed by atoms with Gasteiger partial charge in [-0.25, -0.2) is 0 Å². The van der Waals surface area contributed by atoms with Crippen molar-refractivity contribution in [3.63, 3.8) is 0 Å². The van der Waals surface area contributed by atoms with Gasteiger partial charge in [0.25, 0.3) is 0 Å². The highest BCUT2D eigenvalue weighted by Gasteiger charge is 2.18. The summed E-state index contributed by atoms with van der Waals surface area (Å²) >= 11 is 0. The van der Waals surface area contributed by atoms with E-state index in [1.807, 2.05) is 0 Å². The van der Waals surface area contributed by atoms with Crippen LogP contribution in [0.15, 0.2) is 12.1 Å². The van der Waals surface area contributed by atoms with E-state index in [-0.39, 0.29) is 5.91 Å². The average Bonchev–Trinajstić information content (AvgIpc) is 2.26. The zero-order valence-electron chi connectivity index (χ0n) is 8.60. The normalized spacial score (nSPS) is 18.5. The number of rotatable bonds is 0. The first-order valence-corrected chi connectivity index (χ1v) is 5.52. The average molecular weight is 202 g/mol. The molecule has 1 aromatic rings. The lowest BCUT2D eigenvalue weighted by Crippen LogP contribution is -2.20. The van der Waals surface area contributed by atoms with E-state index < -0.39 is 0 Å². The molecule has 1 aromatic carbocycles. The van der Waals surface area contributed by atoms with Crippen LogP contribution in [0.25, 0.3) is 0 Å². The number of aryl methyl sites for hydroxylation is 2. The van der Waals surface area contributed by atoms with Crippen molar-refractivity contribution in [2.24, 2.45) is 0 Å². The quantitative estimate of drug-likeness (QED) is 0.675. The maximum absolute atomic E-state index is 11.3. The maximum Gasteiger partial charge on any atom is 0.224 e. The Bertz CT molecular complexity index is 426. The Morgan fingerprint density at radius 2 is 1.87 bits per heavy atom. The molecule has 2 N–H and O–H groups in total. The number of carbonyl (C=O) groups is 1. The molecule has 0 radical (unpaired) electrons. The lowest BCUT2D eigenvalue weighted by molar-refractivity contribution is -0.116. The fraction of sp³-hybridized carbons (Fsp3) is 0.417. The van der Waals surface area contributed by atoms with E-state index in [4.69, 9.17) is 0 Å². The second-order valence-corrected chi connectivity index (χ2v) is 4.25. The number of fused-ring (bicyclic) bond motifs is 2. The number of carbonyl (C=O) groups excluding carboxylic acids is 1. The number of hydrogen-bond donors (Lipinski definition) is 2. The molecule has 3 heteroatoms. The fourth-order valence-corrected chi connectivity index (χ4v) is 2.35. The number of nitrogens with one attached hydrogen (secondary N) is 2. The lowest BCUT2D eigenvalue weighted by atomic mass is 9.95. The van der Waals surface area contributed by atoms with Crippen LogP contribution in [-0.2, 0) is 17.6 Å². The molecule has 0 aromatic heterocycles. The summed E-state index contributed by atoms with van der Waals surface area (Å²) in [5, 5.41) is 6.31. The highest BCUT2D eigenvalue weighted by molar-refractivity contribution is 5.94. The molecule has 0 atom stereocenters. The smallest absolute Gasteiger partial charge is 0.224 e. The molecule has 15 heavy (non-hydrogen) atoms. The molecular weight excluding hydrogens is 188 g/mol. The fourth-order valence-electron chi connectivity index (χ4n) is 2.35. The van der Waals surface area contributed by atoms with Crippen LogP contribution in [0, 0.1) is 0 Å². The summed E-state index contributed by atoms with van der Waals surface area (Å²) in [5.74, 6) is 0.137. The molecule has 0 aliphatic carbocycles. The van der Waals surface area contributed by atoms with Gasteiger partial charge < -0.3 is 10.6 Å². The Labute approximate surface area is 88.9 Å². The van der Waals surface area contributed by atoms with Gasteiger partial charge in [0.05, 0.1) is 0 Å². The van der Waals surface area contributed by atoms with Gasteiger partial charge in [-0.3, -0.25) is 4.79 Å². The monoisotopic (exact) mass is 202 g/mol. The van der Waals surface area contributed by atoms with Crippen LogP contribution < -0.4 is 10.6 Å². The van der Waals surface area contributed by atoms with Gasteiger partial charge in [-0.05, 0) is 36.5 Å². The molecule has 0 bridgehead atoms. The highest BCUT2D eigenvalue weighted by Crippen LogP contribution is 2.31. The second kappa shape index (κ2) is 3.26. The van der Waals surface area contributed by atoms with Crippen LogP contribution in [0.5, 0.6) is 0 Å². The summed E-state index contributed by atoms with van der Waals surface area (Å²) in [7, 11) is 0. The first kappa shape index (κ1) is 8.77. The molecule has 0 spiro atoms. The first-order valence-electron chi connectivity index (χ1n) is 5.52. The Morgan fingerprint density at radius 3 is 2.80 bits per heavy atom. The Kier molecular flexibility index (Phi) is 1.91. The minimum atomic E-state index is 0.137. The lowest BCUT2D eigenvalue weighted by Gasteiger charge is -2.23. The molecule has 1 amide bonds. The van der Waals surface area contributed by atoms with E-state index in [0.29, 0.717) is 6.42 Å². The van der Waals surface area contributed by atoms with Crippen LogP contribution in [0.4, 0.5) is 11.4 Å². The predicted octanol–water partition coefficient (Wildman–Crippen LogP) is 1.93. The molecule has 2 aliphatic heterocycles. The van der Waals surface area contributed by atoms with Gasteiger partial charge in [-0.15, -0.1) is 0 Å². The van der Waals surface area contributed by atoms with Gasteiger partial charge in [0.2, 0.25) is 5.91 Å². The van der Waals surface area contributed by atoms with Gasteiger partial charge in [0.1, 0.15) is 0 Å². The number of amides is 1. The summed E-state index contributed by atoms with van der Waals surface area (Å²) in [6.45, 7) is 1.04. The van der Waals surface area contributed by atoms with E-state index in [2.05, 4.69) is 22.8 Å². The third-order valence-electron chi connectivity index (χ3n) is 3.16. The molecule has 3 nitrogen and oxygen atoms in total. The minimum Gasteiger partial charge on any atom is -0.385 e. The van der Waals surface area contributed by atoms with Gasteiger partial charge in [-0.1, -0.05) is 6.07 Å². The van der Waals surface area contributed by atoms with Crippen molar-refractivity contribution in [3.8, 4) is 0 Å². The molecule has 0 saturated carbocycles. The van der Waals surface area contributed by atoms with Crippen LogP contribution in [-0.4, -0.2) is 12.5 Å². The van der Waals surface area contributed by atoms with E-state index in [0.717, 1.165) is 25.1 Å². The summed E-state index contributed by atoms with van der Waals surface area (Å²) in [6, 6.07) is 4.33. The first-order chi connectivity index (χ1) is 7.33.